The molecule has 7 nitrogen and oxygen atoms in total. The van der Waals surface area contributed by atoms with Crippen molar-refractivity contribution in [2.45, 2.75) is 25.0 Å². The first kappa shape index (κ1) is 19.8. The van der Waals surface area contributed by atoms with E-state index in [0.29, 0.717) is 48.2 Å². The summed E-state index contributed by atoms with van der Waals surface area (Å²) in [6, 6.07) is 4.98. The molecule has 8 heteroatoms. The van der Waals surface area contributed by atoms with Gasteiger partial charge in [-0.25, -0.2) is 9.37 Å². The summed E-state index contributed by atoms with van der Waals surface area (Å²) < 4.78 is 30.0. The van der Waals surface area contributed by atoms with Gasteiger partial charge in [0.05, 0.1) is 26.9 Å². The monoisotopic (exact) mass is 403 g/mol. The van der Waals surface area contributed by atoms with Crippen LogP contribution in [0.15, 0.2) is 24.4 Å². The molecule has 2 fully saturated rings. The van der Waals surface area contributed by atoms with Gasteiger partial charge in [-0.1, -0.05) is 0 Å². The average Bonchev–Trinajstić information content (AvgIpc) is 3.29. The third kappa shape index (κ3) is 3.51. The first-order valence-corrected chi connectivity index (χ1v) is 9.71. The van der Waals surface area contributed by atoms with E-state index in [0.717, 1.165) is 13.0 Å². The molecule has 1 aromatic heterocycles. The van der Waals surface area contributed by atoms with Crippen LogP contribution in [0, 0.1) is 17.7 Å². The summed E-state index contributed by atoms with van der Waals surface area (Å²) in [6.07, 6.45) is 3.10. The van der Waals surface area contributed by atoms with Gasteiger partial charge in [-0.2, -0.15) is 4.98 Å². The van der Waals surface area contributed by atoms with Crippen LogP contribution in [-0.2, 0) is 12.1 Å². The minimum atomic E-state index is -1.08. The summed E-state index contributed by atoms with van der Waals surface area (Å²) in [5.74, 6) is 1.04. The molecule has 1 saturated carbocycles. The summed E-state index contributed by atoms with van der Waals surface area (Å²) in [5.41, 5.74) is 0.102. The molecule has 1 N–H and O–H groups in total. The van der Waals surface area contributed by atoms with Crippen LogP contribution in [0.1, 0.15) is 24.0 Å². The molecule has 3 atom stereocenters. The summed E-state index contributed by atoms with van der Waals surface area (Å²) in [4.78, 5) is 10.6. The number of aromatic nitrogens is 2. The molecule has 1 saturated heterocycles. The highest BCUT2D eigenvalue weighted by atomic mass is 19.1. The Labute approximate surface area is 169 Å². The van der Waals surface area contributed by atoms with E-state index in [1.54, 1.807) is 25.4 Å². The van der Waals surface area contributed by atoms with Crippen LogP contribution in [-0.4, -0.2) is 54.4 Å². The zero-order valence-corrected chi connectivity index (χ0v) is 16.9. The quantitative estimate of drug-likeness (QED) is 0.793. The Morgan fingerprint density at radius 1 is 1.21 bits per heavy atom. The molecule has 4 rings (SSSR count). The Kier molecular flexibility index (Phi) is 5.31. The largest absolute Gasteiger partial charge is 0.497 e. The van der Waals surface area contributed by atoms with E-state index in [2.05, 4.69) is 14.9 Å². The highest BCUT2D eigenvalue weighted by Gasteiger charge is 2.53. The van der Waals surface area contributed by atoms with Crippen molar-refractivity contribution in [1.82, 2.24) is 14.9 Å². The van der Waals surface area contributed by atoms with Crippen LogP contribution in [0.4, 0.5) is 4.39 Å². The minimum absolute atomic E-state index is 0.00191. The number of hydrogen-bond donors (Lipinski definition) is 1. The first-order chi connectivity index (χ1) is 14.0. The van der Waals surface area contributed by atoms with Gasteiger partial charge in [-0.05, 0) is 37.0 Å². The lowest BCUT2D eigenvalue weighted by molar-refractivity contribution is -0.00975. The molecule has 1 aromatic carbocycles. The minimum Gasteiger partial charge on any atom is -0.497 e. The van der Waals surface area contributed by atoms with Crippen molar-refractivity contribution >= 4 is 0 Å². The Hall–Kier alpha value is -2.45. The lowest BCUT2D eigenvalue weighted by atomic mass is 9.83. The van der Waals surface area contributed by atoms with Gasteiger partial charge in [0.25, 0.3) is 0 Å². The molecule has 0 radical (unpaired) electrons. The number of fused-ring (bicyclic) bond motifs is 1. The molecule has 2 aliphatic rings. The maximum Gasteiger partial charge on any atom is 0.319 e. The predicted octanol–water partition coefficient (Wildman–Crippen LogP) is 2.37. The third-order valence-electron chi connectivity index (χ3n) is 6.25. The number of nitrogens with zero attached hydrogens (tertiary/aromatic N) is 3. The molecular weight excluding hydrogens is 377 g/mol. The van der Waals surface area contributed by atoms with Crippen molar-refractivity contribution in [1.29, 1.82) is 0 Å². The number of hydrogen-bond acceptors (Lipinski definition) is 7. The topological polar surface area (TPSA) is 76.9 Å². The molecular formula is C21H26FN3O4. The van der Waals surface area contributed by atoms with Gasteiger partial charge in [0.1, 0.15) is 17.2 Å². The molecule has 0 amide bonds. The van der Waals surface area contributed by atoms with E-state index in [9.17, 15) is 9.50 Å². The Morgan fingerprint density at radius 2 is 2.03 bits per heavy atom. The number of rotatable bonds is 6. The number of likely N-dealkylation sites (tertiary alicyclic amines) is 1. The second-order valence-corrected chi connectivity index (χ2v) is 7.76. The van der Waals surface area contributed by atoms with Gasteiger partial charge < -0.3 is 19.3 Å². The van der Waals surface area contributed by atoms with E-state index in [-0.39, 0.29) is 17.7 Å². The molecule has 1 aliphatic heterocycles. The second-order valence-electron chi connectivity index (χ2n) is 7.76. The van der Waals surface area contributed by atoms with E-state index in [1.165, 1.54) is 20.3 Å². The van der Waals surface area contributed by atoms with E-state index >= 15 is 0 Å². The smallest absolute Gasteiger partial charge is 0.319 e. The van der Waals surface area contributed by atoms with E-state index < -0.39 is 5.60 Å². The number of halogens is 1. The number of benzene rings is 1. The molecule has 0 unspecified atom stereocenters. The lowest BCUT2D eigenvalue weighted by Gasteiger charge is -2.31. The Balaban J connectivity index is 1.56. The fourth-order valence-electron chi connectivity index (χ4n) is 4.79. The molecule has 0 spiro atoms. The van der Waals surface area contributed by atoms with Crippen molar-refractivity contribution in [3.63, 3.8) is 0 Å². The van der Waals surface area contributed by atoms with Crippen molar-refractivity contribution in [3.8, 4) is 17.6 Å². The van der Waals surface area contributed by atoms with Gasteiger partial charge in [-0.15, -0.1) is 0 Å². The number of aliphatic hydroxyl groups is 1. The number of methoxy groups -OCH3 is 3. The third-order valence-corrected chi connectivity index (χ3v) is 6.25. The Morgan fingerprint density at radius 3 is 2.76 bits per heavy atom. The number of ether oxygens (including phenoxy) is 3. The zero-order valence-electron chi connectivity index (χ0n) is 16.9. The van der Waals surface area contributed by atoms with Crippen LogP contribution in [0.2, 0.25) is 0 Å². The summed E-state index contributed by atoms with van der Waals surface area (Å²) in [7, 11) is 4.58. The first-order valence-electron chi connectivity index (χ1n) is 9.71. The fraction of sp³-hybridized carbons (Fsp3) is 0.524. The highest BCUT2D eigenvalue weighted by Crippen LogP contribution is 2.52. The predicted molar refractivity (Wildman–Crippen MR) is 103 cm³/mol. The standard InChI is InChI=1S/C21H26FN3O4/c1-27-15-4-5-18(22)14(8-15)11-25-10-13-6-7-21(26,17(13)12-25)16-9-23-20(29-3)24-19(16)28-2/h4-5,8-9,13,17,26H,6-7,10-12H2,1-3H3/t13-,17+,21+/m0/s1. The van der Waals surface area contributed by atoms with Crippen LogP contribution >= 0.6 is 0 Å². The van der Waals surface area contributed by atoms with Gasteiger partial charge in [0.2, 0.25) is 5.88 Å². The van der Waals surface area contributed by atoms with Crippen LogP contribution < -0.4 is 14.2 Å². The maximum absolute atomic E-state index is 14.3. The molecule has 29 heavy (non-hydrogen) atoms. The second kappa shape index (κ2) is 7.76. The lowest BCUT2D eigenvalue weighted by Crippen LogP contribution is -2.35. The van der Waals surface area contributed by atoms with Gasteiger partial charge in [-0.3, -0.25) is 4.90 Å². The molecule has 2 heterocycles. The average molecular weight is 403 g/mol. The van der Waals surface area contributed by atoms with E-state index in [4.69, 9.17) is 14.2 Å². The van der Waals surface area contributed by atoms with Crippen LogP contribution in [0.3, 0.4) is 0 Å². The van der Waals surface area contributed by atoms with Crippen LogP contribution in [0.25, 0.3) is 0 Å². The summed E-state index contributed by atoms with van der Waals surface area (Å²) >= 11 is 0. The van der Waals surface area contributed by atoms with Gasteiger partial charge in [0.15, 0.2) is 0 Å². The van der Waals surface area contributed by atoms with Crippen molar-refractivity contribution < 1.29 is 23.7 Å². The zero-order chi connectivity index (χ0) is 20.6. The van der Waals surface area contributed by atoms with Crippen molar-refractivity contribution in [3.05, 3.63) is 41.3 Å². The molecule has 1 aliphatic carbocycles. The highest BCUT2D eigenvalue weighted by molar-refractivity contribution is 5.34. The van der Waals surface area contributed by atoms with Gasteiger partial charge >= 0.3 is 6.01 Å². The normalized spacial score (nSPS) is 26.4. The summed E-state index contributed by atoms with van der Waals surface area (Å²) in [6.45, 7) is 1.94. The molecule has 156 valence electrons. The van der Waals surface area contributed by atoms with Crippen molar-refractivity contribution in [2.24, 2.45) is 11.8 Å². The molecule has 2 aromatic rings. The fourth-order valence-corrected chi connectivity index (χ4v) is 4.79. The van der Waals surface area contributed by atoms with E-state index in [1.807, 2.05) is 0 Å². The van der Waals surface area contributed by atoms with Crippen LogP contribution in [0.5, 0.6) is 17.6 Å². The SMILES string of the molecule is COc1ccc(F)c(CN2C[C@@H]3CC[C@@](O)(c4cnc(OC)nc4OC)[C@@H]3C2)c1. The summed E-state index contributed by atoms with van der Waals surface area (Å²) in [5, 5.41) is 11.6. The maximum atomic E-state index is 14.3. The van der Waals surface area contributed by atoms with Crippen molar-refractivity contribution in [2.75, 3.05) is 34.4 Å². The van der Waals surface area contributed by atoms with Gasteiger partial charge in [0, 0.05) is 37.3 Å². The Bertz CT molecular complexity index is 896. The molecule has 0 bridgehead atoms.